The predicted molar refractivity (Wildman–Crippen MR) is 77.7 cm³/mol. The lowest BCUT2D eigenvalue weighted by Crippen LogP contribution is -2.44. The maximum Gasteiger partial charge on any atom is 0.106 e. The monoisotopic (exact) mass is 283 g/mol. The van der Waals surface area contributed by atoms with Gasteiger partial charge in [0.25, 0.3) is 0 Å². The van der Waals surface area contributed by atoms with Crippen LogP contribution in [0.3, 0.4) is 0 Å². The molecule has 0 radical (unpaired) electrons. The van der Waals surface area contributed by atoms with Crippen molar-refractivity contribution >= 4 is 11.6 Å². The molecule has 0 spiro atoms. The summed E-state index contributed by atoms with van der Waals surface area (Å²) in [7, 11) is 1.76. The summed E-state index contributed by atoms with van der Waals surface area (Å²) in [5, 5.41) is 4.36. The molecule has 4 heteroatoms. The van der Waals surface area contributed by atoms with Crippen LogP contribution in [0.4, 0.5) is 0 Å². The second-order valence-corrected chi connectivity index (χ2v) is 5.52. The molecular weight excluding hydrogens is 262 g/mol. The van der Waals surface area contributed by atoms with E-state index >= 15 is 0 Å². The Hall–Kier alpha value is -0.610. The van der Waals surface area contributed by atoms with E-state index in [1.807, 2.05) is 18.2 Å². The minimum absolute atomic E-state index is 0.175. The third-order valence-electron chi connectivity index (χ3n) is 3.83. The molecule has 0 saturated carbocycles. The van der Waals surface area contributed by atoms with Gasteiger partial charge in [-0.2, -0.15) is 0 Å². The molecule has 2 unspecified atom stereocenters. The Labute approximate surface area is 120 Å². The molecule has 1 N–H and O–H groups in total. The first-order chi connectivity index (χ1) is 9.19. The number of nitrogens with one attached hydrogen (secondary N) is 1. The van der Waals surface area contributed by atoms with E-state index in [4.69, 9.17) is 21.1 Å². The predicted octanol–water partition coefficient (Wildman–Crippen LogP) is 3.19. The molecular formula is C15H22ClNO2. The standard InChI is InChI=1S/C15H22ClNO2/c1-3-14(12-5-4-6-13(16)9-12)17-10-15(18-2)7-8-19-11-15/h4-6,9,14,17H,3,7-8,10-11H2,1-2H3. The van der Waals surface area contributed by atoms with E-state index in [9.17, 15) is 0 Å². The Bertz CT molecular complexity index is 405. The zero-order valence-corrected chi connectivity index (χ0v) is 12.4. The van der Waals surface area contributed by atoms with Crippen molar-refractivity contribution in [1.82, 2.24) is 5.32 Å². The number of halogens is 1. The van der Waals surface area contributed by atoms with E-state index in [1.54, 1.807) is 7.11 Å². The molecule has 0 amide bonds. The van der Waals surface area contributed by atoms with Crippen molar-refractivity contribution in [3.8, 4) is 0 Å². The van der Waals surface area contributed by atoms with Gasteiger partial charge in [-0.3, -0.25) is 0 Å². The van der Waals surface area contributed by atoms with E-state index in [1.165, 1.54) is 5.56 Å². The molecule has 1 aliphatic heterocycles. The van der Waals surface area contributed by atoms with E-state index < -0.39 is 0 Å². The second kappa shape index (κ2) is 6.71. The molecule has 1 fully saturated rings. The Morgan fingerprint density at radius 1 is 1.53 bits per heavy atom. The summed E-state index contributed by atoms with van der Waals surface area (Å²) in [6, 6.07) is 8.32. The molecule has 1 heterocycles. The molecule has 1 aromatic carbocycles. The first kappa shape index (κ1) is 14.8. The van der Waals surface area contributed by atoms with Crippen LogP contribution in [0.25, 0.3) is 0 Å². The Balaban J connectivity index is 1.99. The summed E-state index contributed by atoms with van der Waals surface area (Å²) in [6.45, 7) is 4.42. The van der Waals surface area contributed by atoms with Crippen molar-refractivity contribution in [3.05, 3.63) is 34.9 Å². The minimum atomic E-state index is -0.175. The normalized spacial score (nSPS) is 24.6. The topological polar surface area (TPSA) is 30.5 Å². The molecule has 19 heavy (non-hydrogen) atoms. The van der Waals surface area contributed by atoms with E-state index in [0.29, 0.717) is 12.6 Å². The van der Waals surface area contributed by atoms with Gasteiger partial charge in [-0.1, -0.05) is 30.7 Å². The van der Waals surface area contributed by atoms with Gasteiger partial charge in [-0.05, 0) is 24.1 Å². The Kier molecular flexibility index (Phi) is 5.22. The van der Waals surface area contributed by atoms with Crippen molar-refractivity contribution in [2.24, 2.45) is 0 Å². The van der Waals surface area contributed by atoms with Gasteiger partial charge >= 0.3 is 0 Å². The highest BCUT2D eigenvalue weighted by Crippen LogP contribution is 2.25. The zero-order valence-electron chi connectivity index (χ0n) is 11.6. The van der Waals surface area contributed by atoms with Crippen LogP contribution in [0, 0.1) is 0 Å². The molecule has 1 saturated heterocycles. The summed E-state index contributed by atoms with van der Waals surface area (Å²) in [6.07, 6.45) is 1.96. The largest absolute Gasteiger partial charge is 0.378 e. The highest BCUT2D eigenvalue weighted by molar-refractivity contribution is 6.30. The summed E-state index contributed by atoms with van der Waals surface area (Å²) in [5.74, 6) is 0. The van der Waals surface area contributed by atoms with E-state index in [2.05, 4.69) is 18.3 Å². The smallest absolute Gasteiger partial charge is 0.106 e. The van der Waals surface area contributed by atoms with Gasteiger partial charge in [0.1, 0.15) is 5.60 Å². The van der Waals surface area contributed by atoms with Gasteiger partial charge in [0.15, 0.2) is 0 Å². The van der Waals surface area contributed by atoms with Gasteiger partial charge in [0.2, 0.25) is 0 Å². The van der Waals surface area contributed by atoms with Crippen molar-refractivity contribution in [2.45, 2.75) is 31.4 Å². The van der Waals surface area contributed by atoms with Crippen LogP contribution >= 0.6 is 11.6 Å². The summed E-state index contributed by atoms with van der Waals surface area (Å²) in [4.78, 5) is 0. The van der Waals surface area contributed by atoms with Crippen molar-refractivity contribution in [1.29, 1.82) is 0 Å². The van der Waals surface area contributed by atoms with Crippen LogP contribution in [0.15, 0.2) is 24.3 Å². The average molecular weight is 284 g/mol. The highest BCUT2D eigenvalue weighted by atomic mass is 35.5. The van der Waals surface area contributed by atoms with Crippen LogP contribution in [0.2, 0.25) is 5.02 Å². The van der Waals surface area contributed by atoms with Gasteiger partial charge in [-0.15, -0.1) is 0 Å². The maximum absolute atomic E-state index is 6.06. The molecule has 1 aliphatic rings. The van der Waals surface area contributed by atoms with Gasteiger partial charge in [0, 0.05) is 37.7 Å². The number of hydrogen-bond donors (Lipinski definition) is 1. The summed E-state index contributed by atoms with van der Waals surface area (Å²) < 4.78 is 11.1. The summed E-state index contributed by atoms with van der Waals surface area (Å²) >= 11 is 6.06. The van der Waals surface area contributed by atoms with Crippen molar-refractivity contribution in [2.75, 3.05) is 26.9 Å². The second-order valence-electron chi connectivity index (χ2n) is 5.09. The SMILES string of the molecule is CCC(NCC1(OC)CCOC1)c1cccc(Cl)c1. The quantitative estimate of drug-likeness (QED) is 0.870. The molecule has 0 aliphatic carbocycles. The van der Waals surface area contributed by atoms with Crippen LogP contribution < -0.4 is 5.32 Å². The lowest BCUT2D eigenvalue weighted by molar-refractivity contribution is -0.0176. The maximum atomic E-state index is 6.06. The average Bonchev–Trinajstić information content (AvgIpc) is 2.89. The first-order valence-corrected chi connectivity index (χ1v) is 7.18. The molecule has 3 nitrogen and oxygen atoms in total. The van der Waals surface area contributed by atoms with Crippen LogP contribution in [-0.4, -0.2) is 32.5 Å². The minimum Gasteiger partial charge on any atom is -0.378 e. The van der Waals surface area contributed by atoms with Crippen LogP contribution in [0.5, 0.6) is 0 Å². The third-order valence-corrected chi connectivity index (χ3v) is 4.07. The first-order valence-electron chi connectivity index (χ1n) is 6.81. The van der Waals surface area contributed by atoms with Gasteiger partial charge < -0.3 is 14.8 Å². The fourth-order valence-corrected chi connectivity index (χ4v) is 2.69. The zero-order chi connectivity index (χ0) is 13.7. The molecule has 2 atom stereocenters. The van der Waals surface area contributed by atoms with Gasteiger partial charge in [0.05, 0.1) is 6.61 Å². The molecule has 106 valence electrons. The lowest BCUT2D eigenvalue weighted by Gasteiger charge is -2.29. The summed E-state index contributed by atoms with van der Waals surface area (Å²) in [5.41, 5.74) is 1.05. The fourth-order valence-electron chi connectivity index (χ4n) is 2.49. The number of benzene rings is 1. The van der Waals surface area contributed by atoms with E-state index in [0.717, 1.165) is 31.0 Å². The van der Waals surface area contributed by atoms with Crippen LogP contribution in [-0.2, 0) is 9.47 Å². The van der Waals surface area contributed by atoms with Crippen molar-refractivity contribution < 1.29 is 9.47 Å². The number of rotatable bonds is 6. The highest BCUT2D eigenvalue weighted by Gasteiger charge is 2.35. The van der Waals surface area contributed by atoms with Crippen LogP contribution in [0.1, 0.15) is 31.4 Å². The third kappa shape index (κ3) is 3.69. The Morgan fingerprint density at radius 2 is 2.37 bits per heavy atom. The number of ether oxygens (including phenoxy) is 2. The molecule has 0 bridgehead atoms. The molecule has 2 rings (SSSR count). The molecule has 1 aromatic rings. The van der Waals surface area contributed by atoms with Gasteiger partial charge in [-0.25, -0.2) is 0 Å². The lowest BCUT2D eigenvalue weighted by atomic mass is 10.00. The van der Waals surface area contributed by atoms with E-state index in [-0.39, 0.29) is 5.60 Å². The number of hydrogen-bond acceptors (Lipinski definition) is 3. The number of methoxy groups -OCH3 is 1. The Morgan fingerprint density at radius 3 is 2.95 bits per heavy atom. The fraction of sp³-hybridized carbons (Fsp3) is 0.600. The molecule has 0 aromatic heterocycles. The van der Waals surface area contributed by atoms with Crippen molar-refractivity contribution in [3.63, 3.8) is 0 Å².